The van der Waals surface area contributed by atoms with Crippen molar-refractivity contribution in [2.75, 3.05) is 18.0 Å². The van der Waals surface area contributed by atoms with Gasteiger partial charge in [-0.2, -0.15) is 0 Å². The Balaban J connectivity index is 2.09. The van der Waals surface area contributed by atoms with Crippen molar-refractivity contribution in [1.82, 2.24) is 9.55 Å². The first-order chi connectivity index (χ1) is 9.22. The highest BCUT2D eigenvalue weighted by Gasteiger charge is 2.07. The summed E-state index contributed by atoms with van der Waals surface area (Å²) in [6.07, 6.45) is 3.93. The molecule has 0 spiro atoms. The molecule has 0 amide bonds. The van der Waals surface area contributed by atoms with Crippen LogP contribution in [0.15, 0.2) is 36.8 Å². The molecule has 102 valence electrons. The quantitative estimate of drug-likeness (QED) is 0.864. The summed E-state index contributed by atoms with van der Waals surface area (Å²) in [7, 11) is 0. The van der Waals surface area contributed by atoms with Gasteiger partial charge in [-0.25, -0.2) is 4.98 Å². The Bertz CT molecular complexity index is 518. The number of imidazole rings is 1. The summed E-state index contributed by atoms with van der Waals surface area (Å²) in [5.41, 5.74) is 9.15. The molecule has 0 atom stereocenters. The fraction of sp³-hybridized carbons (Fsp3) is 0.400. The molecule has 0 saturated heterocycles. The summed E-state index contributed by atoms with van der Waals surface area (Å²) < 4.78 is 2.04. The van der Waals surface area contributed by atoms with Gasteiger partial charge in [0.05, 0.1) is 18.6 Å². The molecule has 2 aromatic rings. The van der Waals surface area contributed by atoms with Gasteiger partial charge in [0.1, 0.15) is 0 Å². The van der Waals surface area contributed by atoms with E-state index in [-0.39, 0.29) is 0 Å². The predicted octanol–water partition coefficient (Wildman–Crippen LogP) is 2.18. The first-order valence-corrected chi connectivity index (χ1v) is 6.75. The first-order valence-electron chi connectivity index (χ1n) is 6.75. The molecule has 0 bridgehead atoms. The normalized spacial score (nSPS) is 10.7. The second-order valence-electron chi connectivity index (χ2n) is 4.74. The third-order valence-corrected chi connectivity index (χ3v) is 3.18. The maximum atomic E-state index is 5.55. The summed E-state index contributed by atoms with van der Waals surface area (Å²) >= 11 is 0. The smallest absolute Gasteiger partial charge is 0.0950 e. The molecule has 4 heteroatoms. The Kier molecular flexibility index (Phi) is 4.58. The number of aryl methyl sites for hydroxylation is 1. The lowest BCUT2D eigenvalue weighted by Crippen LogP contribution is -2.22. The maximum absolute atomic E-state index is 5.55. The van der Waals surface area contributed by atoms with E-state index in [2.05, 4.69) is 54.2 Å². The average Bonchev–Trinajstić information content (AvgIpc) is 2.84. The largest absolute Gasteiger partial charge is 0.366 e. The molecule has 0 unspecified atom stereocenters. The van der Waals surface area contributed by atoms with Gasteiger partial charge in [0.25, 0.3) is 0 Å². The fourth-order valence-corrected chi connectivity index (χ4v) is 2.17. The highest BCUT2D eigenvalue weighted by atomic mass is 15.1. The van der Waals surface area contributed by atoms with Gasteiger partial charge in [-0.15, -0.1) is 0 Å². The van der Waals surface area contributed by atoms with E-state index in [0.29, 0.717) is 6.54 Å². The zero-order valence-corrected chi connectivity index (χ0v) is 11.7. The second kappa shape index (κ2) is 6.38. The van der Waals surface area contributed by atoms with E-state index >= 15 is 0 Å². The monoisotopic (exact) mass is 258 g/mol. The van der Waals surface area contributed by atoms with Crippen molar-refractivity contribution in [3.8, 4) is 0 Å². The summed E-state index contributed by atoms with van der Waals surface area (Å²) in [6.45, 7) is 7.55. The SMILES string of the molecule is CCN(Cc1cn(CCN)cn1)c1cccc(C)c1. The van der Waals surface area contributed by atoms with Crippen LogP contribution in [0.2, 0.25) is 0 Å². The van der Waals surface area contributed by atoms with Gasteiger partial charge in [-0.1, -0.05) is 12.1 Å². The van der Waals surface area contributed by atoms with Crippen molar-refractivity contribution in [3.05, 3.63) is 48.0 Å². The summed E-state index contributed by atoms with van der Waals surface area (Å²) in [6, 6.07) is 8.57. The Morgan fingerprint density at radius 1 is 1.37 bits per heavy atom. The van der Waals surface area contributed by atoms with Crippen LogP contribution in [0, 0.1) is 6.92 Å². The van der Waals surface area contributed by atoms with Gasteiger partial charge in [0.15, 0.2) is 0 Å². The Morgan fingerprint density at radius 3 is 2.89 bits per heavy atom. The molecule has 0 aliphatic carbocycles. The molecule has 19 heavy (non-hydrogen) atoms. The van der Waals surface area contributed by atoms with E-state index in [4.69, 9.17) is 5.73 Å². The lowest BCUT2D eigenvalue weighted by atomic mass is 10.2. The van der Waals surface area contributed by atoms with Gasteiger partial charge in [-0.3, -0.25) is 0 Å². The minimum Gasteiger partial charge on any atom is -0.366 e. The topological polar surface area (TPSA) is 47.1 Å². The van der Waals surface area contributed by atoms with E-state index < -0.39 is 0 Å². The summed E-state index contributed by atoms with van der Waals surface area (Å²) in [5, 5.41) is 0. The van der Waals surface area contributed by atoms with E-state index in [1.807, 2.05) is 10.9 Å². The van der Waals surface area contributed by atoms with Crippen LogP contribution in [0.3, 0.4) is 0 Å². The first kappa shape index (κ1) is 13.6. The number of rotatable bonds is 6. The third-order valence-electron chi connectivity index (χ3n) is 3.18. The maximum Gasteiger partial charge on any atom is 0.0950 e. The molecule has 0 radical (unpaired) electrons. The molecular formula is C15H22N4. The highest BCUT2D eigenvalue weighted by Crippen LogP contribution is 2.17. The number of hydrogen-bond acceptors (Lipinski definition) is 3. The van der Waals surface area contributed by atoms with Crippen LogP contribution in [0.5, 0.6) is 0 Å². The second-order valence-corrected chi connectivity index (χ2v) is 4.74. The van der Waals surface area contributed by atoms with E-state index in [1.165, 1.54) is 11.3 Å². The van der Waals surface area contributed by atoms with Crippen LogP contribution in [-0.4, -0.2) is 22.6 Å². The number of nitrogens with zero attached hydrogens (tertiary/aromatic N) is 3. The molecule has 1 aromatic carbocycles. The van der Waals surface area contributed by atoms with Crippen LogP contribution in [0.4, 0.5) is 5.69 Å². The molecule has 2 rings (SSSR count). The van der Waals surface area contributed by atoms with Crippen molar-refractivity contribution < 1.29 is 0 Å². The Labute approximate surface area is 114 Å². The van der Waals surface area contributed by atoms with Crippen LogP contribution in [0.1, 0.15) is 18.2 Å². The Morgan fingerprint density at radius 2 is 2.21 bits per heavy atom. The molecule has 0 aliphatic heterocycles. The van der Waals surface area contributed by atoms with Gasteiger partial charge >= 0.3 is 0 Å². The lowest BCUT2D eigenvalue weighted by molar-refractivity contribution is 0.706. The van der Waals surface area contributed by atoms with Gasteiger partial charge in [0, 0.05) is 31.5 Å². The molecule has 0 aliphatic rings. The number of nitrogens with two attached hydrogens (primary N) is 1. The van der Waals surface area contributed by atoms with E-state index in [0.717, 1.165) is 25.3 Å². The third kappa shape index (κ3) is 3.58. The van der Waals surface area contributed by atoms with Crippen molar-refractivity contribution in [3.63, 3.8) is 0 Å². The van der Waals surface area contributed by atoms with Crippen molar-refractivity contribution in [2.24, 2.45) is 5.73 Å². The van der Waals surface area contributed by atoms with Gasteiger partial charge in [0.2, 0.25) is 0 Å². The summed E-state index contributed by atoms with van der Waals surface area (Å²) in [5.74, 6) is 0. The van der Waals surface area contributed by atoms with E-state index in [1.54, 1.807) is 0 Å². The Hall–Kier alpha value is -1.81. The lowest BCUT2D eigenvalue weighted by Gasteiger charge is -2.22. The number of anilines is 1. The van der Waals surface area contributed by atoms with Crippen LogP contribution in [-0.2, 0) is 13.1 Å². The van der Waals surface area contributed by atoms with Gasteiger partial charge in [-0.05, 0) is 31.5 Å². The fourth-order valence-electron chi connectivity index (χ4n) is 2.17. The summed E-state index contributed by atoms with van der Waals surface area (Å²) in [4.78, 5) is 6.76. The number of aromatic nitrogens is 2. The molecule has 1 aromatic heterocycles. The van der Waals surface area contributed by atoms with Crippen molar-refractivity contribution in [2.45, 2.75) is 26.9 Å². The number of hydrogen-bond donors (Lipinski definition) is 1. The molecule has 1 heterocycles. The standard InChI is InChI=1S/C15H22N4/c1-3-19(15-6-4-5-13(2)9-15)11-14-10-18(8-7-16)12-17-14/h4-6,9-10,12H,3,7-8,11,16H2,1-2H3. The van der Waals surface area contributed by atoms with Crippen LogP contribution in [0.25, 0.3) is 0 Å². The minimum absolute atomic E-state index is 0.644. The van der Waals surface area contributed by atoms with Crippen molar-refractivity contribution in [1.29, 1.82) is 0 Å². The molecule has 2 N–H and O–H groups in total. The van der Waals surface area contributed by atoms with Crippen LogP contribution >= 0.6 is 0 Å². The van der Waals surface area contributed by atoms with E-state index in [9.17, 15) is 0 Å². The molecule has 0 fully saturated rings. The number of benzene rings is 1. The average molecular weight is 258 g/mol. The molecule has 0 saturated carbocycles. The predicted molar refractivity (Wildman–Crippen MR) is 79.2 cm³/mol. The van der Waals surface area contributed by atoms with Crippen molar-refractivity contribution >= 4 is 5.69 Å². The molecule has 4 nitrogen and oxygen atoms in total. The molecular weight excluding hydrogens is 236 g/mol. The van der Waals surface area contributed by atoms with Crippen LogP contribution < -0.4 is 10.6 Å². The zero-order chi connectivity index (χ0) is 13.7. The highest BCUT2D eigenvalue weighted by molar-refractivity contribution is 5.48. The zero-order valence-electron chi connectivity index (χ0n) is 11.7. The van der Waals surface area contributed by atoms with Gasteiger partial charge < -0.3 is 15.2 Å². The minimum atomic E-state index is 0.644.